The Morgan fingerprint density at radius 3 is 2.09 bits per heavy atom. The van der Waals surface area contributed by atoms with Crippen LogP contribution < -0.4 is 12.4 Å². The molecule has 118 valence electrons. The number of halogens is 1. The third-order valence-corrected chi connectivity index (χ3v) is 4.03. The first-order valence-electron chi connectivity index (χ1n) is 7.36. The predicted molar refractivity (Wildman–Crippen MR) is 87.7 cm³/mol. The summed E-state index contributed by atoms with van der Waals surface area (Å²) in [7, 11) is 2.18. The molecule has 0 aromatic heterocycles. The maximum atomic E-state index is 9.52. The molecule has 0 saturated heterocycles. The summed E-state index contributed by atoms with van der Waals surface area (Å²) in [5, 5.41) is 9.52. The molecule has 0 saturated carbocycles. The van der Waals surface area contributed by atoms with E-state index in [-0.39, 0.29) is 25.1 Å². The van der Waals surface area contributed by atoms with E-state index in [1.165, 1.54) is 11.1 Å². The number of aliphatic hydroxyl groups is 1. The molecule has 0 aliphatic heterocycles. The molecule has 2 nitrogen and oxygen atoms in total. The number of quaternary nitrogens is 1. The molecule has 0 aliphatic rings. The van der Waals surface area contributed by atoms with E-state index >= 15 is 0 Å². The summed E-state index contributed by atoms with van der Waals surface area (Å²) in [6, 6.07) is 21.0. The van der Waals surface area contributed by atoms with Gasteiger partial charge in [-0.25, -0.2) is 0 Å². The van der Waals surface area contributed by atoms with Crippen LogP contribution in [0.25, 0.3) is 0 Å². The molecule has 0 radical (unpaired) electrons. The molecule has 0 amide bonds. The fraction of sp³-hybridized carbons (Fsp3) is 0.263. The summed E-state index contributed by atoms with van der Waals surface area (Å²) >= 11 is 0. The van der Waals surface area contributed by atoms with Crippen molar-refractivity contribution in [2.45, 2.75) is 12.6 Å². The molecule has 22 heavy (non-hydrogen) atoms. The molecule has 0 bridgehead atoms. The van der Waals surface area contributed by atoms with E-state index in [4.69, 9.17) is 0 Å². The fourth-order valence-electron chi connectivity index (χ4n) is 2.95. The number of hydrogen-bond acceptors (Lipinski definition) is 1. The van der Waals surface area contributed by atoms with Crippen molar-refractivity contribution in [3.05, 3.63) is 84.4 Å². The second-order valence-electron chi connectivity index (χ2n) is 5.66. The van der Waals surface area contributed by atoms with E-state index in [9.17, 15) is 5.11 Å². The number of likely N-dealkylation sites (N-methyl/N-ethyl adjacent to an activating group) is 1. The molecule has 2 rings (SSSR count). The van der Waals surface area contributed by atoms with Crippen molar-refractivity contribution in [3.8, 4) is 0 Å². The lowest BCUT2D eigenvalue weighted by Gasteiger charge is -2.40. The maximum Gasteiger partial charge on any atom is 0.133 e. The smallest absolute Gasteiger partial charge is 0.133 e. The third kappa shape index (κ3) is 4.44. The standard InChI is InChI=1S/C19H24NO.ClH/c1-3-19(18-12-8-5-9-13-18)20(2,14-15-21)16-17-10-6-4-7-11-17;/h3-13,19,21H,1,14-16H2,2H3;1H/q+1;/p-1. The van der Waals surface area contributed by atoms with Crippen LogP contribution in [0.1, 0.15) is 17.2 Å². The Kier molecular flexibility index (Phi) is 7.33. The van der Waals surface area contributed by atoms with E-state index in [0.29, 0.717) is 11.0 Å². The lowest BCUT2D eigenvalue weighted by Crippen LogP contribution is -3.00. The van der Waals surface area contributed by atoms with Crippen molar-refractivity contribution in [1.29, 1.82) is 0 Å². The maximum absolute atomic E-state index is 9.52. The molecule has 3 heteroatoms. The van der Waals surface area contributed by atoms with Crippen LogP contribution in [0.15, 0.2) is 73.3 Å². The summed E-state index contributed by atoms with van der Waals surface area (Å²) in [4.78, 5) is 0. The lowest BCUT2D eigenvalue weighted by atomic mass is 10.0. The summed E-state index contributed by atoms with van der Waals surface area (Å²) in [6.45, 7) is 5.76. The zero-order valence-corrected chi connectivity index (χ0v) is 13.8. The van der Waals surface area contributed by atoms with Crippen molar-refractivity contribution >= 4 is 0 Å². The summed E-state index contributed by atoms with van der Waals surface area (Å²) in [5.74, 6) is 0. The molecule has 0 heterocycles. The highest BCUT2D eigenvalue weighted by Gasteiger charge is 2.31. The van der Waals surface area contributed by atoms with Crippen molar-refractivity contribution in [1.82, 2.24) is 0 Å². The molecule has 0 aliphatic carbocycles. The topological polar surface area (TPSA) is 20.2 Å². The van der Waals surface area contributed by atoms with E-state index in [0.717, 1.165) is 6.54 Å². The van der Waals surface area contributed by atoms with Gasteiger partial charge in [0.15, 0.2) is 0 Å². The van der Waals surface area contributed by atoms with Crippen LogP contribution in [-0.2, 0) is 6.54 Å². The van der Waals surface area contributed by atoms with Gasteiger partial charge >= 0.3 is 0 Å². The summed E-state index contributed by atoms with van der Waals surface area (Å²) in [5.41, 5.74) is 2.51. The molecule has 2 unspecified atom stereocenters. The van der Waals surface area contributed by atoms with Crippen LogP contribution in [0.3, 0.4) is 0 Å². The Morgan fingerprint density at radius 2 is 1.59 bits per heavy atom. The highest BCUT2D eigenvalue weighted by molar-refractivity contribution is 5.21. The van der Waals surface area contributed by atoms with Crippen LogP contribution in [0.5, 0.6) is 0 Å². The number of hydrogen-bond donors (Lipinski definition) is 1. The molecule has 2 atom stereocenters. The number of benzene rings is 2. The predicted octanol–water partition coefficient (Wildman–Crippen LogP) is 0.557. The SMILES string of the molecule is C=CC(c1ccccc1)[N+](C)(CCO)Cc1ccccc1.[Cl-]. The molecular formula is C19H24ClNO. The number of nitrogens with zero attached hydrogens (tertiary/aromatic N) is 1. The van der Waals surface area contributed by atoms with Crippen molar-refractivity contribution in [2.75, 3.05) is 20.2 Å². The number of aliphatic hydroxyl groups excluding tert-OH is 1. The van der Waals surface area contributed by atoms with Crippen LogP contribution in [0.4, 0.5) is 0 Å². The summed E-state index contributed by atoms with van der Waals surface area (Å²) in [6.07, 6.45) is 1.99. The molecule has 1 N–H and O–H groups in total. The van der Waals surface area contributed by atoms with Crippen LogP contribution >= 0.6 is 0 Å². The normalized spacial score (nSPS) is 14.5. The fourth-order valence-corrected chi connectivity index (χ4v) is 2.95. The summed E-state index contributed by atoms with van der Waals surface area (Å²) < 4.78 is 0.716. The average Bonchev–Trinajstić information content (AvgIpc) is 2.50. The number of rotatable bonds is 7. The Bertz CT molecular complexity index is 558. The van der Waals surface area contributed by atoms with Gasteiger partial charge in [0.2, 0.25) is 0 Å². The van der Waals surface area contributed by atoms with Gasteiger partial charge in [-0.05, 0) is 6.08 Å². The van der Waals surface area contributed by atoms with Gasteiger partial charge in [0.1, 0.15) is 19.1 Å². The van der Waals surface area contributed by atoms with Gasteiger partial charge in [0, 0.05) is 11.1 Å². The van der Waals surface area contributed by atoms with Crippen molar-refractivity contribution < 1.29 is 22.0 Å². The van der Waals surface area contributed by atoms with Gasteiger partial charge in [-0.1, -0.05) is 67.2 Å². The van der Waals surface area contributed by atoms with E-state index in [1.54, 1.807) is 0 Å². The van der Waals surface area contributed by atoms with Gasteiger partial charge in [0.25, 0.3) is 0 Å². The Balaban J connectivity index is 0.00000242. The highest BCUT2D eigenvalue weighted by atomic mass is 35.5. The minimum absolute atomic E-state index is 0. The van der Waals surface area contributed by atoms with Gasteiger partial charge in [-0.2, -0.15) is 0 Å². The Labute approximate surface area is 139 Å². The van der Waals surface area contributed by atoms with Crippen LogP contribution in [0.2, 0.25) is 0 Å². The van der Waals surface area contributed by atoms with Crippen LogP contribution in [0, 0.1) is 0 Å². The third-order valence-electron chi connectivity index (χ3n) is 4.03. The van der Waals surface area contributed by atoms with Gasteiger partial charge in [-0.15, -0.1) is 0 Å². The monoisotopic (exact) mass is 317 g/mol. The lowest BCUT2D eigenvalue weighted by molar-refractivity contribution is -0.945. The quantitative estimate of drug-likeness (QED) is 0.584. The Hall–Kier alpha value is -1.61. The van der Waals surface area contributed by atoms with Gasteiger partial charge in [0.05, 0.1) is 13.7 Å². The van der Waals surface area contributed by atoms with Crippen molar-refractivity contribution in [2.24, 2.45) is 0 Å². The second-order valence-corrected chi connectivity index (χ2v) is 5.66. The van der Waals surface area contributed by atoms with Gasteiger partial charge in [-0.3, -0.25) is 0 Å². The minimum Gasteiger partial charge on any atom is -1.00 e. The molecule has 2 aromatic rings. The molecular weight excluding hydrogens is 294 g/mol. The minimum atomic E-state index is 0. The zero-order valence-electron chi connectivity index (χ0n) is 13.0. The second kappa shape index (κ2) is 8.74. The molecule has 0 spiro atoms. The first-order chi connectivity index (χ1) is 10.2. The van der Waals surface area contributed by atoms with Gasteiger partial charge < -0.3 is 22.0 Å². The zero-order chi connectivity index (χ0) is 15.1. The van der Waals surface area contributed by atoms with Crippen molar-refractivity contribution in [3.63, 3.8) is 0 Å². The molecule has 0 fully saturated rings. The first kappa shape index (κ1) is 18.4. The molecule has 2 aromatic carbocycles. The Morgan fingerprint density at radius 1 is 1.05 bits per heavy atom. The van der Waals surface area contributed by atoms with E-state index < -0.39 is 0 Å². The largest absolute Gasteiger partial charge is 1.00 e. The van der Waals surface area contributed by atoms with Crippen LogP contribution in [-0.4, -0.2) is 29.8 Å². The first-order valence-corrected chi connectivity index (χ1v) is 7.36. The van der Waals surface area contributed by atoms with E-state index in [1.807, 2.05) is 18.2 Å². The average molecular weight is 318 g/mol. The highest BCUT2D eigenvalue weighted by Crippen LogP contribution is 2.30. The van der Waals surface area contributed by atoms with E-state index in [2.05, 4.69) is 62.2 Å².